The van der Waals surface area contributed by atoms with Crippen LogP contribution in [0.15, 0.2) is 48.5 Å². The van der Waals surface area contributed by atoms with E-state index in [-0.39, 0.29) is 18.1 Å². The number of hydrogen-bond acceptors (Lipinski definition) is 5. The summed E-state index contributed by atoms with van der Waals surface area (Å²) in [6.45, 7) is 8.82. The van der Waals surface area contributed by atoms with Gasteiger partial charge in [0.05, 0.1) is 18.6 Å². The summed E-state index contributed by atoms with van der Waals surface area (Å²) < 4.78 is 45.6. The van der Waals surface area contributed by atoms with Gasteiger partial charge in [0.1, 0.15) is 24.2 Å². The predicted molar refractivity (Wildman–Crippen MR) is 139 cm³/mol. The van der Waals surface area contributed by atoms with Gasteiger partial charge in [-0.3, -0.25) is 13.9 Å². The highest BCUT2D eigenvalue weighted by molar-refractivity contribution is 7.92. The van der Waals surface area contributed by atoms with E-state index in [0.29, 0.717) is 24.3 Å². The van der Waals surface area contributed by atoms with Gasteiger partial charge in [-0.25, -0.2) is 12.8 Å². The summed E-state index contributed by atoms with van der Waals surface area (Å²) in [6.07, 6.45) is 1.31. The number of anilines is 1. The molecule has 10 heteroatoms. The first kappa shape index (κ1) is 29.1. The lowest BCUT2D eigenvalue weighted by molar-refractivity contribution is -0.141. The van der Waals surface area contributed by atoms with Crippen LogP contribution in [-0.4, -0.2) is 56.1 Å². The number of rotatable bonds is 11. The molecule has 0 spiro atoms. The second kappa shape index (κ2) is 12.2. The molecule has 0 heterocycles. The number of carbonyl (C=O) groups is 2. The Morgan fingerprint density at radius 3 is 2.19 bits per heavy atom. The molecule has 0 bridgehead atoms. The standard InChI is InChI=1S/C26H36FN3O5S/c1-7-21(25(32)28-26(3,4)5)29(17-19-13-15-20(27)16-14-19)24(31)18-30(36(6,33)34)22-11-9-10-12-23(22)35-8-2/h9-16,21H,7-8,17-18H2,1-6H3,(H,28,32). The summed E-state index contributed by atoms with van der Waals surface area (Å²) in [5, 5.41) is 2.90. The number of para-hydroxylation sites is 2. The Bertz CT molecular complexity index is 1150. The average molecular weight is 522 g/mol. The van der Waals surface area contributed by atoms with E-state index >= 15 is 0 Å². The number of nitrogens with zero attached hydrogens (tertiary/aromatic N) is 2. The Morgan fingerprint density at radius 1 is 1.06 bits per heavy atom. The first-order valence-corrected chi connectivity index (χ1v) is 13.7. The van der Waals surface area contributed by atoms with E-state index in [9.17, 15) is 22.4 Å². The zero-order valence-electron chi connectivity index (χ0n) is 21.7. The molecule has 0 aliphatic rings. The molecule has 1 atom stereocenters. The molecule has 0 aromatic heterocycles. The Hall–Kier alpha value is -3.14. The number of hydrogen-bond donors (Lipinski definition) is 1. The Morgan fingerprint density at radius 2 is 1.67 bits per heavy atom. The SMILES string of the molecule is CCOc1ccccc1N(CC(=O)N(Cc1ccc(F)cc1)C(CC)C(=O)NC(C)(C)C)S(C)(=O)=O. The van der Waals surface area contributed by atoms with Crippen molar-refractivity contribution in [2.24, 2.45) is 0 Å². The van der Waals surface area contributed by atoms with Gasteiger partial charge in [-0.15, -0.1) is 0 Å². The third-order valence-electron chi connectivity index (χ3n) is 5.26. The van der Waals surface area contributed by atoms with Crippen LogP contribution in [0.25, 0.3) is 0 Å². The quantitative estimate of drug-likeness (QED) is 0.486. The fourth-order valence-corrected chi connectivity index (χ4v) is 4.55. The van der Waals surface area contributed by atoms with Crippen molar-refractivity contribution in [3.63, 3.8) is 0 Å². The molecule has 0 radical (unpaired) electrons. The third kappa shape index (κ3) is 8.22. The molecule has 8 nitrogen and oxygen atoms in total. The van der Waals surface area contributed by atoms with Gasteiger partial charge in [-0.2, -0.15) is 0 Å². The molecule has 2 rings (SSSR count). The zero-order chi connectivity index (χ0) is 27.1. The number of amides is 2. The van der Waals surface area contributed by atoms with E-state index in [2.05, 4.69) is 5.32 Å². The number of nitrogens with one attached hydrogen (secondary N) is 1. The van der Waals surface area contributed by atoms with Crippen molar-refractivity contribution in [1.82, 2.24) is 10.2 Å². The fraction of sp³-hybridized carbons (Fsp3) is 0.462. The smallest absolute Gasteiger partial charge is 0.244 e. The lowest BCUT2D eigenvalue weighted by Crippen LogP contribution is -2.55. The lowest BCUT2D eigenvalue weighted by atomic mass is 10.1. The second-order valence-electron chi connectivity index (χ2n) is 9.48. The van der Waals surface area contributed by atoms with E-state index in [1.165, 1.54) is 29.2 Å². The molecule has 198 valence electrons. The van der Waals surface area contributed by atoms with Crippen LogP contribution < -0.4 is 14.4 Å². The zero-order valence-corrected chi connectivity index (χ0v) is 22.6. The molecular formula is C26H36FN3O5S. The molecule has 2 amide bonds. The van der Waals surface area contributed by atoms with Crippen molar-refractivity contribution in [3.8, 4) is 5.75 Å². The molecule has 2 aromatic carbocycles. The van der Waals surface area contributed by atoms with E-state index in [4.69, 9.17) is 4.74 Å². The highest BCUT2D eigenvalue weighted by atomic mass is 32.2. The van der Waals surface area contributed by atoms with Gasteiger partial charge in [-0.05, 0) is 63.9 Å². The van der Waals surface area contributed by atoms with Gasteiger partial charge in [-0.1, -0.05) is 31.2 Å². The van der Waals surface area contributed by atoms with Crippen LogP contribution >= 0.6 is 0 Å². The molecule has 0 aliphatic heterocycles. The van der Waals surface area contributed by atoms with E-state index in [1.54, 1.807) is 38.1 Å². The van der Waals surface area contributed by atoms with Gasteiger partial charge in [0.25, 0.3) is 0 Å². The summed E-state index contributed by atoms with van der Waals surface area (Å²) in [5.41, 5.74) is 0.293. The fourth-order valence-electron chi connectivity index (χ4n) is 3.69. The van der Waals surface area contributed by atoms with Gasteiger partial charge in [0.2, 0.25) is 21.8 Å². The lowest BCUT2D eigenvalue weighted by Gasteiger charge is -2.34. The van der Waals surface area contributed by atoms with Crippen LogP contribution in [0.4, 0.5) is 10.1 Å². The highest BCUT2D eigenvalue weighted by Gasteiger charge is 2.33. The molecule has 1 N–H and O–H groups in total. The minimum Gasteiger partial charge on any atom is -0.492 e. The number of ether oxygens (including phenoxy) is 1. The number of carbonyl (C=O) groups excluding carboxylic acids is 2. The average Bonchev–Trinajstić information content (AvgIpc) is 2.77. The van der Waals surface area contributed by atoms with Crippen molar-refractivity contribution >= 4 is 27.5 Å². The maximum atomic E-state index is 13.7. The number of sulfonamides is 1. The van der Waals surface area contributed by atoms with Gasteiger partial charge in [0, 0.05) is 12.1 Å². The number of benzene rings is 2. The van der Waals surface area contributed by atoms with Crippen LogP contribution in [0.3, 0.4) is 0 Å². The summed E-state index contributed by atoms with van der Waals surface area (Å²) >= 11 is 0. The third-order valence-corrected chi connectivity index (χ3v) is 6.39. The highest BCUT2D eigenvalue weighted by Crippen LogP contribution is 2.30. The summed E-state index contributed by atoms with van der Waals surface area (Å²) in [5.74, 6) is -1.04. The van der Waals surface area contributed by atoms with Crippen LogP contribution in [0.5, 0.6) is 5.75 Å². The summed E-state index contributed by atoms with van der Waals surface area (Å²) in [7, 11) is -3.89. The van der Waals surface area contributed by atoms with Crippen LogP contribution in [-0.2, 0) is 26.2 Å². The van der Waals surface area contributed by atoms with E-state index in [1.807, 2.05) is 20.8 Å². The molecule has 0 saturated carbocycles. The van der Waals surface area contributed by atoms with Crippen LogP contribution in [0, 0.1) is 5.82 Å². The molecule has 0 aliphatic carbocycles. The van der Waals surface area contributed by atoms with Crippen molar-refractivity contribution < 1.29 is 27.1 Å². The minimum atomic E-state index is -3.89. The molecule has 36 heavy (non-hydrogen) atoms. The Kier molecular flexibility index (Phi) is 9.86. The largest absolute Gasteiger partial charge is 0.492 e. The predicted octanol–water partition coefficient (Wildman–Crippen LogP) is 3.71. The second-order valence-corrected chi connectivity index (χ2v) is 11.4. The van der Waals surface area contributed by atoms with Crippen molar-refractivity contribution in [2.45, 2.75) is 59.2 Å². The van der Waals surface area contributed by atoms with E-state index < -0.39 is 39.9 Å². The maximum Gasteiger partial charge on any atom is 0.244 e. The van der Waals surface area contributed by atoms with Crippen molar-refractivity contribution in [1.29, 1.82) is 0 Å². The van der Waals surface area contributed by atoms with E-state index in [0.717, 1.165) is 10.6 Å². The topological polar surface area (TPSA) is 96.0 Å². The van der Waals surface area contributed by atoms with Crippen LogP contribution in [0.1, 0.15) is 46.6 Å². The van der Waals surface area contributed by atoms with Gasteiger partial charge >= 0.3 is 0 Å². The van der Waals surface area contributed by atoms with Gasteiger partial charge in [0.15, 0.2) is 0 Å². The Labute approximate surface area is 213 Å². The van der Waals surface area contributed by atoms with Crippen LogP contribution in [0.2, 0.25) is 0 Å². The first-order chi connectivity index (χ1) is 16.8. The summed E-state index contributed by atoms with van der Waals surface area (Å²) in [6, 6.07) is 11.3. The molecule has 0 saturated heterocycles. The maximum absolute atomic E-state index is 13.7. The van der Waals surface area contributed by atoms with Crippen molar-refractivity contribution in [2.75, 3.05) is 23.7 Å². The minimum absolute atomic E-state index is 0.000108. The number of halogens is 1. The normalized spacial score (nSPS) is 12.5. The van der Waals surface area contributed by atoms with Crippen molar-refractivity contribution in [3.05, 3.63) is 59.9 Å². The molecule has 2 aromatic rings. The monoisotopic (exact) mass is 521 g/mol. The Balaban J connectivity index is 2.49. The summed E-state index contributed by atoms with van der Waals surface area (Å²) in [4.78, 5) is 28.2. The van der Waals surface area contributed by atoms with Gasteiger partial charge < -0.3 is 15.0 Å². The molecule has 1 unspecified atom stereocenters. The molecular weight excluding hydrogens is 485 g/mol. The first-order valence-electron chi connectivity index (χ1n) is 11.8. The molecule has 0 fully saturated rings.